The van der Waals surface area contributed by atoms with Gasteiger partial charge in [-0.1, -0.05) is 36.8 Å². The molecular formula is C19H18N2O. The molecule has 0 unspecified atom stereocenters. The van der Waals surface area contributed by atoms with Gasteiger partial charge >= 0.3 is 0 Å². The molecule has 1 amide bonds. The summed E-state index contributed by atoms with van der Waals surface area (Å²) in [6.07, 6.45) is 1.32. The molecule has 22 heavy (non-hydrogen) atoms. The number of rotatable bonds is 1. The van der Waals surface area contributed by atoms with Gasteiger partial charge in [0, 0.05) is 16.5 Å². The van der Waals surface area contributed by atoms with E-state index in [9.17, 15) is 4.79 Å². The quantitative estimate of drug-likeness (QED) is 0.693. The molecule has 0 radical (unpaired) electrons. The van der Waals surface area contributed by atoms with Crippen LogP contribution in [0.3, 0.4) is 0 Å². The average molecular weight is 290 g/mol. The Morgan fingerprint density at radius 3 is 2.82 bits per heavy atom. The van der Waals surface area contributed by atoms with Gasteiger partial charge in [0.1, 0.15) is 0 Å². The maximum Gasteiger partial charge on any atom is 0.228 e. The van der Waals surface area contributed by atoms with Crippen LogP contribution in [0.25, 0.3) is 22.2 Å². The van der Waals surface area contributed by atoms with Crippen LogP contribution in [0, 0.1) is 6.92 Å². The van der Waals surface area contributed by atoms with E-state index < -0.39 is 0 Å². The molecule has 2 aromatic carbocycles. The van der Waals surface area contributed by atoms with E-state index in [2.05, 4.69) is 48.4 Å². The number of aromatic nitrogens is 1. The highest BCUT2D eigenvalue weighted by Gasteiger charge is 2.24. The van der Waals surface area contributed by atoms with Gasteiger partial charge in [0.2, 0.25) is 5.91 Å². The third kappa shape index (κ3) is 1.86. The zero-order valence-corrected chi connectivity index (χ0v) is 12.8. The third-order valence-corrected chi connectivity index (χ3v) is 4.43. The second-order valence-corrected chi connectivity index (χ2v) is 5.95. The molecular weight excluding hydrogens is 272 g/mol. The lowest BCUT2D eigenvalue weighted by Crippen LogP contribution is -2.14. The van der Waals surface area contributed by atoms with Crippen LogP contribution >= 0.6 is 0 Å². The molecule has 0 saturated heterocycles. The molecule has 3 heteroatoms. The van der Waals surface area contributed by atoms with Gasteiger partial charge in [-0.2, -0.15) is 0 Å². The summed E-state index contributed by atoms with van der Waals surface area (Å²) in [7, 11) is 0. The molecule has 0 aliphatic carbocycles. The minimum Gasteiger partial charge on any atom is -0.354 e. The first-order valence-electron chi connectivity index (χ1n) is 7.70. The first-order valence-corrected chi connectivity index (χ1v) is 7.70. The van der Waals surface area contributed by atoms with E-state index in [1.165, 1.54) is 11.1 Å². The van der Waals surface area contributed by atoms with Gasteiger partial charge in [0.25, 0.3) is 0 Å². The number of para-hydroxylation sites is 1. The molecule has 0 saturated carbocycles. The normalized spacial score (nSPS) is 13.5. The molecule has 1 aliphatic heterocycles. The van der Waals surface area contributed by atoms with Gasteiger partial charge in [-0.3, -0.25) is 4.79 Å². The predicted molar refractivity (Wildman–Crippen MR) is 90.2 cm³/mol. The molecule has 2 heterocycles. The lowest BCUT2D eigenvalue weighted by Gasteiger charge is -2.13. The standard InChI is InChI=1S/C19H18N2O/c1-3-12-8-11(2)9-15-18(12)21-17(22)10-14-13-6-4-5-7-16(13)20-19(14)15/h4-9,20H,3,10H2,1-2H3,(H,21,22). The Hall–Kier alpha value is -2.55. The van der Waals surface area contributed by atoms with Crippen molar-refractivity contribution in [3.8, 4) is 11.3 Å². The first kappa shape index (κ1) is 13.1. The summed E-state index contributed by atoms with van der Waals surface area (Å²) in [6.45, 7) is 4.23. The summed E-state index contributed by atoms with van der Waals surface area (Å²) in [4.78, 5) is 15.9. The summed E-state index contributed by atoms with van der Waals surface area (Å²) in [5.74, 6) is 0.0586. The number of hydrogen-bond acceptors (Lipinski definition) is 1. The summed E-state index contributed by atoms with van der Waals surface area (Å²) >= 11 is 0. The van der Waals surface area contributed by atoms with Crippen LogP contribution < -0.4 is 5.32 Å². The SMILES string of the molecule is CCc1cc(C)cc2c1NC(=O)Cc1c-2[nH]c2ccccc12. The molecule has 110 valence electrons. The van der Waals surface area contributed by atoms with Crippen molar-refractivity contribution in [2.75, 3.05) is 5.32 Å². The van der Waals surface area contributed by atoms with E-state index in [0.29, 0.717) is 6.42 Å². The van der Waals surface area contributed by atoms with Gasteiger partial charge in [0.15, 0.2) is 0 Å². The monoisotopic (exact) mass is 290 g/mol. The van der Waals surface area contributed by atoms with Gasteiger partial charge in [-0.15, -0.1) is 0 Å². The van der Waals surface area contributed by atoms with Gasteiger partial charge in [-0.25, -0.2) is 0 Å². The number of H-pyrrole nitrogens is 1. The second-order valence-electron chi connectivity index (χ2n) is 5.95. The van der Waals surface area contributed by atoms with Crippen LogP contribution in [0.4, 0.5) is 5.69 Å². The largest absolute Gasteiger partial charge is 0.354 e. The molecule has 0 spiro atoms. The Morgan fingerprint density at radius 1 is 1.18 bits per heavy atom. The third-order valence-electron chi connectivity index (χ3n) is 4.43. The van der Waals surface area contributed by atoms with E-state index in [1.807, 2.05) is 12.1 Å². The molecule has 0 fully saturated rings. The molecule has 2 N–H and O–H groups in total. The number of aromatic amines is 1. The van der Waals surface area contributed by atoms with Crippen molar-refractivity contribution in [1.29, 1.82) is 0 Å². The molecule has 0 atom stereocenters. The van der Waals surface area contributed by atoms with Crippen LogP contribution in [0.1, 0.15) is 23.6 Å². The highest BCUT2D eigenvalue weighted by atomic mass is 16.1. The van der Waals surface area contributed by atoms with Crippen molar-refractivity contribution in [2.45, 2.75) is 26.7 Å². The molecule has 1 aromatic heterocycles. The summed E-state index contributed by atoms with van der Waals surface area (Å²) in [5, 5.41) is 4.25. The fraction of sp³-hybridized carbons (Fsp3) is 0.211. The van der Waals surface area contributed by atoms with E-state index in [-0.39, 0.29) is 5.91 Å². The van der Waals surface area contributed by atoms with Crippen molar-refractivity contribution in [3.05, 3.63) is 53.1 Å². The minimum atomic E-state index is 0.0586. The van der Waals surface area contributed by atoms with Crippen LogP contribution in [0.2, 0.25) is 0 Å². The topological polar surface area (TPSA) is 44.9 Å². The summed E-state index contributed by atoms with van der Waals surface area (Å²) in [6, 6.07) is 12.5. The van der Waals surface area contributed by atoms with E-state index in [1.54, 1.807) is 0 Å². The fourth-order valence-corrected chi connectivity index (χ4v) is 3.44. The predicted octanol–water partition coefficient (Wildman–Crippen LogP) is 4.20. The average Bonchev–Trinajstić information content (AvgIpc) is 2.80. The van der Waals surface area contributed by atoms with Crippen LogP contribution in [0.15, 0.2) is 36.4 Å². The molecule has 1 aliphatic rings. The van der Waals surface area contributed by atoms with E-state index in [0.717, 1.165) is 39.8 Å². The smallest absolute Gasteiger partial charge is 0.228 e. The zero-order valence-electron chi connectivity index (χ0n) is 12.8. The number of nitrogens with one attached hydrogen (secondary N) is 2. The Kier molecular flexibility index (Phi) is 2.83. The van der Waals surface area contributed by atoms with Gasteiger partial charge < -0.3 is 10.3 Å². The van der Waals surface area contributed by atoms with Crippen molar-refractivity contribution in [3.63, 3.8) is 0 Å². The number of fused-ring (bicyclic) bond motifs is 5. The maximum atomic E-state index is 12.4. The number of aryl methyl sites for hydroxylation is 2. The Bertz CT molecular complexity index is 905. The van der Waals surface area contributed by atoms with Crippen molar-refractivity contribution < 1.29 is 4.79 Å². The Labute approximate surface area is 129 Å². The highest BCUT2D eigenvalue weighted by molar-refractivity contribution is 6.06. The number of anilines is 1. The Morgan fingerprint density at radius 2 is 2.00 bits per heavy atom. The number of amides is 1. The van der Waals surface area contributed by atoms with Gasteiger partial charge in [0.05, 0.1) is 17.8 Å². The van der Waals surface area contributed by atoms with Crippen molar-refractivity contribution in [1.82, 2.24) is 4.98 Å². The number of carbonyl (C=O) groups is 1. The van der Waals surface area contributed by atoms with E-state index in [4.69, 9.17) is 0 Å². The minimum absolute atomic E-state index is 0.0586. The highest BCUT2D eigenvalue weighted by Crippen LogP contribution is 2.39. The fourth-order valence-electron chi connectivity index (χ4n) is 3.44. The van der Waals surface area contributed by atoms with Gasteiger partial charge in [-0.05, 0) is 36.6 Å². The van der Waals surface area contributed by atoms with Crippen molar-refractivity contribution in [2.24, 2.45) is 0 Å². The van der Waals surface area contributed by atoms with Crippen LogP contribution in [-0.2, 0) is 17.6 Å². The first-order chi connectivity index (χ1) is 10.7. The second kappa shape index (κ2) is 4.73. The van der Waals surface area contributed by atoms with Crippen LogP contribution in [0.5, 0.6) is 0 Å². The number of carbonyl (C=O) groups excluding carboxylic acids is 1. The lowest BCUT2D eigenvalue weighted by molar-refractivity contribution is -0.115. The molecule has 3 nitrogen and oxygen atoms in total. The van der Waals surface area contributed by atoms with Crippen molar-refractivity contribution >= 4 is 22.5 Å². The molecule has 0 bridgehead atoms. The summed E-state index contributed by atoms with van der Waals surface area (Å²) in [5.41, 5.74) is 7.74. The molecule has 3 aromatic rings. The van der Waals surface area contributed by atoms with Crippen LogP contribution in [-0.4, -0.2) is 10.9 Å². The zero-order chi connectivity index (χ0) is 15.3. The Balaban J connectivity index is 2.10. The summed E-state index contributed by atoms with van der Waals surface area (Å²) < 4.78 is 0. The molecule has 4 rings (SSSR count). The lowest BCUT2D eigenvalue weighted by atomic mass is 9.97. The maximum absolute atomic E-state index is 12.4. The number of benzene rings is 2. The van der Waals surface area contributed by atoms with E-state index >= 15 is 0 Å². The number of hydrogen-bond donors (Lipinski definition) is 2.